The third-order valence-electron chi connectivity index (χ3n) is 5.59. The molecule has 2 unspecified atom stereocenters. The average Bonchev–Trinajstić information content (AvgIpc) is 2.75. The second-order valence-electron chi connectivity index (χ2n) is 7.85. The summed E-state index contributed by atoms with van der Waals surface area (Å²) in [7, 11) is -3.78. The minimum Gasteiger partial charge on any atom is -0.370 e. The van der Waals surface area contributed by atoms with E-state index in [2.05, 4.69) is 0 Å². The molecular weight excluding hydrogens is 436 g/mol. The molecule has 2 aromatic carbocycles. The van der Waals surface area contributed by atoms with Crippen LogP contribution in [0.2, 0.25) is 5.02 Å². The van der Waals surface area contributed by atoms with Crippen LogP contribution in [0.1, 0.15) is 37.7 Å². The number of hydrogen-bond donors (Lipinski definition) is 1. The molecule has 0 spiro atoms. The molecule has 0 saturated carbocycles. The number of benzene rings is 2. The molecule has 2 atom stereocenters. The van der Waals surface area contributed by atoms with Crippen LogP contribution < -0.4 is 5.73 Å². The van der Waals surface area contributed by atoms with E-state index in [1.165, 1.54) is 22.6 Å². The van der Waals surface area contributed by atoms with E-state index in [9.17, 15) is 18.0 Å². The maximum atomic E-state index is 13.1. The fourth-order valence-electron chi connectivity index (χ4n) is 3.99. The number of nitrogens with zero attached hydrogens (tertiary/aromatic N) is 1. The predicted octanol–water partition coefficient (Wildman–Crippen LogP) is 3.58. The smallest absolute Gasteiger partial charge is 0.230 e. The molecule has 1 saturated heterocycles. The molecule has 0 radical (unpaired) electrons. The maximum Gasteiger partial charge on any atom is 0.230 e. The van der Waals surface area contributed by atoms with E-state index in [4.69, 9.17) is 17.3 Å². The molecule has 8 heteroatoms. The van der Waals surface area contributed by atoms with Crippen LogP contribution >= 0.6 is 11.6 Å². The number of rotatable bonds is 11. The Morgan fingerprint density at radius 2 is 1.61 bits per heavy atom. The number of hydrogen-bond acceptors (Lipinski definition) is 4. The average molecular weight is 463 g/mol. The van der Waals surface area contributed by atoms with Crippen molar-refractivity contribution < 1.29 is 18.0 Å². The second-order valence-corrected chi connectivity index (χ2v) is 10.3. The van der Waals surface area contributed by atoms with Gasteiger partial charge in [-0.25, -0.2) is 8.42 Å². The summed E-state index contributed by atoms with van der Waals surface area (Å²) in [6.45, 7) is 0.353. The van der Waals surface area contributed by atoms with Crippen LogP contribution in [0, 0.1) is 5.92 Å². The number of carbonyl (C=O) groups is 2. The molecule has 1 aliphatic rings. The van der Waals surface area contributed by atoms with Gasteiger partial charge in [-0.1, -0.05) is 54.8 Å². The Morgan fingerprint density at radius 1 is 0.968 bits per heavy atom. The minimum atomic E-state index is -3.78. The summed E-state index contributed by atoms with van der Waals surface area (Å²) in [4.78, 5) is 25.5. The molecule has 1 heterocycles. The summed E-state index contributed by atoms with van der Waals surface area (Å²) >= 11 is 5.90. The molecule has 2 N–H and O–H groups in total. The van der Waals surface area contributed by atoms with Gasteiger partial charge in [-0.15, -0.1) is 0 Å². The summed E-state index contributed by atoms with van der Waals surface area (Å²) in [5.41, 5.74) is 6.48. The lowest BCUT2D eigenvalue weighted by atomic mass is 9.93. The number of primary amides is 1. The highest BCUT2D eigenvalue weighted by atomic mass is 35.5. The highest BCUT2D eigenvalue weighted by Crippen LogP contribution is 2.37. The molecule has 0 aliphatic carbocycles. The number of halogens is 1. The van der Waals surface area contributed by atoms with Gasteiger partial charge in [0.2, 0.25) is 11.8 Å². The van der Waals surface area contributed by atoms with Crippen LogP contribution in [0.15, 0.2) is 59.5 Å². The first kappa shape index (κ1) is 23.3. The third kappa shape index (κ3) is 5.66. The Hall–Kier alpha value is -2.38. The number of nitrogens with two attached hydrogens (primary N) is 1. The van der Waals surface area contributed by atoms with Crippen molar-refractivity contribution in [2.45, 2.75) is 48.8 Å². The van der Waals surface area contributed by atoms with E-state index >= 15 is 0 Å². The number of aryl methyl sites for hydroxylation is 1. The largest absolute Gasteiger partial charge is 0.370 e. The number of unbranched alkanes of at least 4 members (excludes halogenated alkanes) is 3. The van der Waals surface area contributed by atoms with Gasteiger partial charge in [0.25, 0.3) is 0 Å². The lowest BCUT2D eigenvalue weighted by Crippen LogP contribution is -2.64. The van der Waals surface area contributed by atoms with Crippen molar-refractivity contribution in [3.05, 3.63) is 65.2 Å². The number of β-lactam (4-membered cyclic amide) rings is 1. The van der Waals surface area contributed by atoms with Crippen LogP contribution in [0.3, 0.4) is 0 Å². The van der Waals surface area contributed by atoms with Crippen molar-refractivity contribution in [1.29, 1.82) is 0 Å². The van der Waals surface area contributed by atoms with E-state index in [-0.39, 0.29) is 17.2 Å². The van der Waals surface area contributed by atoms with Gasteiger partial charge < -0.3 is 10.6 Å². The van der Waals surface area contributed by atoms with E-state index in [0.29, 0.717) is 13.0 Å². The van der Waals surface area contributed by atoms with Crippen LogP contribution in [-0.4, -0.2) is 37.1 Å². The van der Waals surface area contributed by atoms with E-state index in [0.717, 1.165) is 30.7 Å². The molecule has 3 rings (SSSR count). The zero-order valence-electron chi connectivity index (χ0n) is 17.2. The standard InChI is InChI=1S/C23H27ClN2O4S/c24-18-13-11-17(12-14-18)8-4-1-2-7-15-26-22(28)20(16-21(25)27)23(26)31(29,30)19-9-5-3-6-10-19/h3,5-6,9-14,20,23H,1-2,4,7-8,15-16H2,(H2,25,27). The summed E-state index contributed by atoms with van der Waals surface area (Å²) in [5, 5.41) is -0.318. The van der Waals surface area contributed by atoms with Gasteiger partial charge in [-0.05, 0) is 49.1 Å². The Bertz CT molecular complexity index is 1010. The molecule has 0 bridgehead atoms. The third-order valence-corrected chi connectivity index (χ3v) is 7.99. The SMILES string of the molecule is NC(=O)CC1C(=O)N(CCCCCCc2ccc(Cl)cc2)C1S(=O)(=O)c1ccccc1. The van der Waals surface area contributed by atoms with Gasteiger partial charge in [0.05, 0.1) is 10.8 Å². The van der Waals surface area contributed by atoms with Crippen LogP contribution in [0.25, 0.3) is 0 Å². The van der Waals surface area contributed by atoms with Gasteiger partial charge in [0.15, 0.2) is 15.2 Å². The van der Waals surface area contributed by atoms with Crippen LogP contribution in [0.4, 0.5) is 0 Å². The zero-order valence-corrected chi connectivity index (χ0v) is 18.8. The minimum absolute atomic E-state index is 0.148. The van der Waals surface area contributed by atoms with Crippen molar-refractivity contribution in [2.75, 3.05) is 6.54 Å². The first-order valence-corrected chi connectivity index (χ1v) is 12.4. The molecular formula is C23H27ClN2O4S. The summed E-state index contributed by atoms with van der Waals surface area (Å²) in [5.74, 6) is -1.90. The number of amides is 2. The van der Waals surface area contributed by atoms with E-state index in [1.54, 1.807) is 18.2 Å². The fraction of sp³-hybridized carbons (Fsp3) is 0.391. The Balaban J connectivity index is 1.55. The van der Waals surface area contributed by atoms with E-state index < -0.39 is 27.0 Å². The first-order valence-electron chi connectivity index (χ1n) is 10.4. The van der Waals surface area contributed by atoms with Gasteiger partial charge in [-0.2, -0.15) is 0 Å². The molecule has 2 amide bonds. The molecule has 1 aliphatic heterocycles. The van der Waals surface area contributed by atoms with Gasteiger partial charge in [0, 0.05) is 18.0 Å². The Morgan fingerprint density at radius 3 is 2.26 bits per heavy atom. The van der Waals surface area contributed by atoms with Gasteiger partial charge >= 0.3 is 0 Å². The number of likely N-dealkylation sites (tertiary alicyclic amines) is 1. The van der Waals surface area contributed by atoms with Crippen molar-refractivity contribution in [3.8, 4) is 0 Å². The molecule has 2 aromatic rings. The monoisotopic (exact) mass is 462 g/mol. The lowest BCUT2D eigenvalue weighted by molar-refractivity contribution is -0.153. The molecule has 31 heavy (non-hydrogen) atoms. The topological polar surface area (TPSA) is 97.5 Å². The quantitative estimate of drug-likeness (QED) is 0.407. The van der Waals surface area contributed by atoms with Crippen molar-refractivity contribution in [2.24, 2.45) is 11.7 Å². The number of sulfone groups is 1. The van der Waals surface area contributed by atoms with E-state index in [1.807, 2.05) is 24.3 Å². The normalized spacial score (nSPS) is 18.6. The molecule has 166 valence electrons. The summed E-state index contributed by atoms with van der Waals surface area (Å²) in [6, 6.07) is 15.8. The first-order chi connectivity index (χ1) is 14.8. The van der Waals surface area contributed by atoms with Crippen LogP contribution in [0.5, 0.6) is 0 Å². The summed E-state index contributed by atoms with van der Waals surface area (Å²) < 4.78 is 26.2. The highest BCUT2D eigenvalue weighted by molar-refractivity contribution is 7.92. The van der Waals surface area contributed by atoms with Gasteiger partial charge in [-0.3, -0.25) is 9.59 Å². The second kappa shape index (κ2) is 10.3. The summed E-state index contributed by atoms with van der Waals surface area (Å²) in [6.07, 6.45) is 4.27. The molecule has 0 aromatic heterocycles. The number of carbonyl (C=O) groups excluding carboxylic acids is 2. The van der Waals surface area contributed by atoms with Crippen molar-refractivity contribution in [3.63, 3.8) is 0 Å². The van der Waals surface area contributed by atoms with Gasteiger partial charge in [0.1, 0.15) is 0 Å². The Labute approximate surface area is 188 Å². The lowest BCUT2D eigenvalue weighted by Gasteiger charge is -2.46. The van der Waals surface area contributed by atoms with Crippen molar-refractivity contribution in [1.82, 2.24) is 4.90 Å². The fourth-order valence-corrected chi connectivity index (χ4v) is 6.12. The van der Waals surface area contributed by atoms with Crippen molar-refractivity contribution >= 4 is 33.3 Å². The molecule has 6 nitrogen and oxygen atoms in total. The maximum absolute atomic E-state index is 13.1. The van der Waals surface area contributed by atoms with Crippen LogP contribution in [-0.2, 0) is 25.8 Å². The highest BCUT2D eigenvalue weighted by Gasteiger charge is 2.54. The zero-order chi connectivity index (χ0) is 22.4. The molecule has 1 fully saturated rings. The predicted molar refractivity (Wildman–Crippen MR) is 120 cm³/mol. The Kier molecular flexibility index (Phi) is 7.73.